The Morgan fingerprint density at radius 3 is 2.72 bits per heavy atom. The van der Waals surface area contributed by atoms with Crippen LogP contribution in [0, 0.1) is 0 Å². The van der Waals surface area contributed by atoms with Gasteiger partial charge in [0.05, 0.1) is 36.7 Å². The van der Waals surface area contributed by atoms with Gasteiger partial charge in [-0.25, -0.2) is 9.78 Å². The Morgan fingerprint density at radius 2 is 1.97 bits per heavy atom. The Kier molecular flexibility index (Phi) is 6.52. The van der Waals surface area contributed by atoms with Gasteiger partial charge in [-0.15, -0.1) is 22.7 Å². The van der Waals surface area contributed by atoms with Crippen molar-refractivity contribution in [2.75, 3.05) is 19.5 Å². The van der Waals surface area contributed by atoms with Crippen molar-refractivity contribution in [1.82, 2.24) is 4.98 Å². The Labute approximate surface area is 191 Å². The minimum atomic E-state index is -0.498. The minimum absolute atomic E-state index is 0.0214. The van der Waals surface area contributed by atoms with E-state index in [2.05, 4.69) is 10.3 Å². The monoisotopic (exact) mass is 470 g/mol. The van der Waals surface area contributed by atoms with Gasteiger partial charge in [0.25, 0.3) is 5.91 Å². The molecule has 3 heterocycles. The number of amides is 1. The summed E-state index contributed by atoms with van der Waals surface area (Å²) in [5.74, 6) is 0.507. The number of carbonyl (C=O) groups is 2. The van der Waals surface area contributed by atoms with Crippen LogP contribution in [0.15, 0.2) is 58.5 Å². The smallest absolute Gasteiger partial charge is 0.348 e. The van der Waals surface area contributed by atoms with E-state index >= 15 is 0 Å². The van der Waals surface area contributed by atoms with Gasteiger partial charge in [0, 0.05) is 5.38 Å². The van der Waals surface area contributed by atoms with E-state index in [1.165, 1.54) is 17.6 Å². The van der Waals surface area contributed by atoms with Gasteiger partial charge in [0.1, 0.15) is 16.5 Å². The van der Waals surface area contributed by atoms with Gasteiger partial charge >= 0.3 is 5.97 Å². The van der Waals surface area contributed by atoms with Gasteiger partial charge in [-0.1, -0.05) is 6.07 Å². The number of furan rings is 1. The van der Waals surface area contributed by atoms with Crippen molar-refractivity contribution in [3.8, 4) is 22.1 Å². The molecule has 0 unspecified atom stereocenters. The van der Waals surface area contributed by atoms with Crippen molar-refractivity contribution in [2.24, 2.45) is 0 Å². The first-order chi connectivity index (χ1) is 15.6. The number of nitrogens with zero attached hydrogens (tertiary/aromatic N) is 1. The summed E-state index contributed by atoms with van der Waals surface area (Å²) >= 11 is 2.53. The number of thiophene rings is 1. The maximum atomic E-state index is 12.4. The lowest BCUT2D eigenvalue weighted by molar-refractivity contribution is 0.0474. The molecule has 1 aromatic carbocycles. The molecule has 4 rings (SSSR count). The molecule has 32 heavy (non-hydrogen) atoms. The van der Waals surface area contributed by atoms with Gasteiger partial charge < -0.3 is 23.9 Å². The fraction of sp³-hybridized carbons (Fsp3) is 0.136. The number of methoxy groups -OCH3 is 2. The minimum Gasteiger partial charge on any atom is -0.493 e. The van der Waals surface area contributed by atoms with E-state index in [9.17, 15) is 9.59 Å². The van der Waals surface area contributed by atoms with Gasteiger partial charge in [-0.05, 0) is 36.4 Å². The summed E-state index contributed by atoms with van der Waals surface area (Å²) in [5.41, 5.74) is 1.41. The number of thiazole rings is 1. The Bertz CT molecular complexity index is 1230. The van der Waals surface area contributed by atoms with Crippen LogP contribution < -0.4 is 14.8 Å². The molecule has 8 nitrogen and oxygen atoms in total. The van der Waals surface area contributed by atoms with Crippen LogP contribution in [0.5, 0.6) is 11.5 Å². The number of hydrogen-bond donors (Lipinski definition) is 1. The lowest BCUT2D eigenvalue weighted by Gasteiger charge is -2.10. The number of nitrogens with one attached hydrogen (secondary N) is 1. The summed E-state index contributed by atoms with van der Waals surface area (Å²) in [4.78, 5) is 29.3. The predicted molar refractivity (Wildman–Crippen MR) is 121 cm³/mol. The standard InChI is InChI=1S/C22H18N2O6S2/c1-27-15-6-3-5-14(19(15)28-2)21-23-13(12-31-21)11-30-22(26)17-8-9-18(32-17)24-20(25)16-7-4-10-29-16/h3-10,12H,11H2,1-2H3,(H,24,25). The van der Waals surface area contributed by atoms with Crippen LogP contribution in [0.4, 0.5) is 5.00 Å². The zero-order valence-corrected chi connectivity index (χ0v) is 18.7. The molecule has 0 fully saturated rings. The highest BCUT2D eigenvalue weighted by Gasteiger charge is 2.17. The number of carbonyl (C=O) groups excluding carboxylic acids is 2. The third kappa shape index (κ3) is 4.66. The maximum Gasteiger partial charge on any atom is 0.348 e. The molecule has 4 aromatic rings. The van der Waals surface area contributed by atoms with E-state index < -0.39 is 5.97 Å². The second-order valence-electron chi connectivity index (χ2n) is 6.36. The average Bonchev–Trinajstić information content (AvgIpc) is 3.58. The van der Waals surface area contributed by atoms with Crippen LogP contribution in [0.3, 0.4) is 0 Å². The van der Waals surface area contributed by atoms with Crippen molar-refractivity contribution in [3.05, 3.63) is 70.4 Å². The topological polar surface area (TPSA) is 99.9 Å². The highest BCUT2D eigenvalue weighted by molar-refractivity contribution is 7.18. The lowest BCUT2D eigenvalue weighted by atomic mass is 10.2. The molecule has 0 saturated heterocycles. The van der Waals surface area contributed by atoms with Crippen LogP contribution in [0.2, 0.25) is 0 Å². The van der Waals surface area contributed by atoms with Crippen LogP contribution in [-0.2, 0) is 11.3 Å². The fourth-order valence-corrected chi connectivity index (χ4v) is 4.48. The fourth-order valence-electron chi connectivity index (χ4n) is 2.86. The molecular weight excluding hydrogens is 452 g/mol. The summed E-state index contributed by atoms with van der Waals surface area (Å²) in [6, 6.07) is 12.0. The van der Waals surface area contributed by atoms with Crippen molar-refractivity contribution < 1.29 is 28.2 Å². The number of benzene rings is 1. The average molecular weight is 471 g/mol. The van der Waals surface area contributed by atoms with E-state index in [1.807, 2.05) is 23.6 Å². The van der Waals surface area contributed by atoms with Gasteiger partial charge in [-0.2, -0.15) is 0 Å². The Morgan fingerprint density at radius 1 is 1.09 bits per heavy atom. The molecule has 0 aliphatic carbocycles. The second kappa shape index (κ2) is 9.67. The zero-order valence-electron chi connectivity index (χ0n) is 17.1. The first kappa shape index (κ1) is 21.6. The van der Waals surface area contributed by atoms with Crippen LogP contribution in [0.1, 0.15) is 25.9 Å². The third-order valence-electron chi connectivity index (χ3n) is 4.33. The molecule has 10 heteroatoms. The highest BCUT2D eigenvalue weighted by atomic mass is 32.1. The lowest BCUT2D eigenvalue weighted by Crippen LogP contribution is -2.09. The van der Waals surface area contributed by atoms with Crippen molar-refractivity contribution in [1.29, 1.82) is 0 Å². The first-order valence-corrected chi connectivity index (χ1v) is 11.1. The van der Waals surface area contributed by atoms with Crippen molar-refractivity contribution in [3.63, 3.8) is 0 Å². The molecule has 0 spiro atoms. The number of aromatic nitrogens is 1. The molecule has 0 aliphatic rings. The first-order valence-electron chi connectivity index (χ1n) is 9.36. The van der Waals surface area contributed by atoms with Crippen LogP contribution in [-0.4, -0.2) is 31.1 Å². The largest absolute Gasteiger partial charge is 0.493 e. The van der Waals surface area contributed by atoms with Crippen molar-refractivity contribution >= 4 is 39.6 Å². The molecule has 0 radical (unpaired) electrons. The molecular formula is C22H18N2O6S2. The molecule has 164 valence electrons. The third-order valence-corrected chi connectivity index (χ3v) is 6.23. The molecule has 0 atom stereocenters. The van der Waals surface area contributed by atoms with Gasteiger partial charge in [-0.3, -0.25) is 4.79 Å². The molecule has 1 amide bonds. The normalized spacial score (nSPS) is 10.6. The number of hydrogen-bond acceptors (Lipinski definition) is 9. The van der Waals surface area contributed by atoms with E-state index in [0.717, 1.165) is 21.9 Å². The summed E-state index contributed by atoms with van der Waals surface area (Å²) in [5, 5.41) is 5.75. The molecule has 3 aromatic heterocycles. The second-order valence-corrected chi connectivity index (χ2v) is 8.30. The number of esters is 1. The number of para-hydroxylation sites is 1. The molecule has 0 aliphatic heterocycles. The Hall–Kier alpha value is -3.63. The van der Waals surface area contributed by atoms with Gasteiger partial charge in [0.15, 0.2) is 17.3 Å². The Balaban J connectivity index is 1.38. The highest BCUT2D eigenvalue weighted by Crippen LogP contribution is 2.39. The summed E-state index contributed by atoms with van der Waals surface area (Å²) in [6.45, 7) is 0.0214. The summed E-state index contributed by atoms with van der Waals surface area (Å²) in [6.07, 6.45) is 1.42. The maximum absolute atomic E-state index is 12.4. The molecule has 0 saturated carbocycles. The van der Waals surface area contributed by atoms with E-state index in [0.29, 0.717) is 27.1 Å². The molecule has 0 bridgehead atoms. The zero-order chi connectivity index (χ0) is 22.5. The summed E-state index contributed by atoms with van der Waals surface area (Å²) in [7, 11) is 3.15. The number of anilines is 1. The summed E-state index contributed by atoms with van der Waals surface area (Å²) < 4.78 is 21.2. The molecule has 1 N–H and O–H groups in total. The van der Waals surface area contributed by atoms with Crippen LogP contribution in [0.25, 0.3) is 10.6 Å². The van der Waals surface area contributed by atoms with Gasteiger partial charge in [0.2, 0.25) is 0 Å². The van der Waals surface area contributed by atoms with Crippen LogP contribution >= 0.6 is 22.7 Å². The SMILES string of the molecule is COc1cccc(-c2nc(COC(=O)c3ccc(NC(=O)c4ccco4)s3)cs2)c1OC. The van der Waals surface area contributed by atoms with E-state index in [4.69, 9.17) is 18.6 Å². The number of rotatable bonds is 8. The quantitative estimate of drug-likeness (QED) is 0.358. The van der Waals surface area contributed by atoms with E-state index in [1.54, 1.807) is 38.5 Å². The van der Waals surface area contributed by atoms with E-state index in [-0.39, 0.29) is 18.3 Å². The predicted octanol–water partition coefficient (Wildman–Crippen LogP) is 5.09. The number of ether oxygens (including phenoxy) is 3. The van der Waals surface area contributed by atoms with Crippen molar-refractivity contribution in [2.45, 2.75) is 6.61 Å².